The zero-order chi connectivity index (χ0) is 23.8. The van der Waals surface area contributed by atoms with E-state index in [0.717, 1.165) is 5.39 Å². The quantitative estimate of drug-likeness (QED) is 0.446. The molecule has 0 saturated carbocycles. The molecule has 1 saturated heterocycles. The standard InChI is InChI=1S/C22H20N6O4S2/c1-34(31)18-11-28(22-24-9-14(10-25-22)20-26-16(12-33-20)19(23)29)17-8-13(2-3-15(17)18)21(30)27-4-6-32-7-5-27/h2-3,8-12H,4-7H2,1H3,(H2,23,29). The minimum absolute atomic E-state index is 0.0811. The Morgan fingerprint density at radius 3 is 2.56 bits per heavy atom. The summed E-state index contributed by atoms with van der Waals surface area (Å²) in [7, 11) is -1.25. The number of aromatic nitrogens is 4. The molecule has 3 aromatic heterocycles. The molecule has 2 N–H and O–H groups in total. The number of hydrogen-bond donors (Lipinski definition) is 1. The first-order chi connectivity index (χ1) is 16.4. The van der Waals surface area contributed by atoms with Gasteiger partial charge in [0.2, 0.25) is 5.95 Å². The molecule has 0 radical (unpaired) electrons. The van der Waals surface area contributed by atoms with Crippen molar-refractivity contribution < 1.29 is 18.5 Å². The molecule has 174 valence electrons. The molecule has 1 unspecified atom stereocenters. The highest BCUT2D eigenvalue weighted by molar-refractivity contribution is 7.84. The van der Waals surface area contributed by atoms with Crippen LogP contribution in [0.25, 0.3) is 27.4 Å². The molecule has 5 rings (SSSR count). The molecule has 2 amide bonds. The summed E-state index contributed by atoms with van der Waals surface area (Å²) < 4.78 is 19.5. The van der Waals surface area contributed by atoms with Crippen LogP contribution in [0.1, 0.15) is 20.8 Å². The number of amides is 2. The lowest BCUT2D eigenvalue weighted by Gasteiger charge is -2.26. The normalized spacial score (nSPS) is 14.9. The summed E-state index contributed by atoms with van der Waals surface area (Å²) in [4.78, 5) is 39.8. The van der Waals surface area contributed by atoms with Crippen LogP contribution in [-0.4, -0.2) is 73.0 Å². The molecule has 0 spiro atoms. The van der Waals surface area contributed by atoms with Crippen LogP contribution in [0, 0.1) is 0 Å². The molecule has 1 aromatic carbocycles. The molecule has 1 fully saturated rings. The molecule has 1 atom stereocenters. The third-order valence-corrected chi connectivity index (χ3v) is 7.32. The number of fused-ring (bicyclic) bond motifs is 1. The second-order valence-corrected chi connectivity index (χ2v) is 9.83. The second kappa shape index (κ2) is 9.05. The van der Waals surface area contributed by atoms with Gasteiger partial charge in [-0.15, -0.1) is 11.3 Å². The van der Waals surface area contributed by atoms with Crippen LogP contribution in [-0.2, 0) is 15.5 Å². The van der Waals surface area contributed by atoms with E-state index in [1.54, 1.807) is 51.8 Å². The Bertz CT molecular complexity index is 1420. The molecule has 0 bridgehead atoms. The maximum Gasteiger partial charge on any atom is 0.268 e. The van der Waals surface area contributed by atoms with Crippen molar-refractivity contribution in [2.24, 2.45) is 5.73 Å². The molecule has 4 heterocycles. The zero-order valence-electron chi connectivity index (χ0n) is 18.1. The number of carbonyl (C=O) groups is 2. The summed E-state index contributed by atoms with van der Waals surface area (Å²) in [6, 6.07) is 5.34. The smallest absolute Gasteiger partial charge is 0.268 e. The van der Waals surface area contributed by atoms with Crippen molar-refractivity contribution in [1.29, 1.82) is 0 Å². The first kappa shape index (κ1) is 22.3. The van der Waals surface area contributed by atoms with Crippen molar-refractivity contribution in [1.82, 2.24) is 24.4 Å². The number of benzene rings is 1. The van der Waals surface area contributed by atoms with Gasteiger partial charge in [-0.2, -0.15) is 0 Å². The predicted octanol–water partition coefficient (Wildman–Crippen LogP) is 1.85. The topological polar surface area (TPSA) is 133 Å². The number of nitrogens with two attached hydrogens (primary N) is 1. The van der Waals surface area contributed by atoms with Crippen LogP contribution in [0.15, 0.2) is 47.1 Å². The van der Waals surface area contributed by atoms with E-state index in [-0.39, 0.29) is 11.6 Å². The van der Waals surface area contributed by atoms with E-state index in [1.807, 2.05) is 6.07 Å². The summed E-state index contributed by atoms with van der Waals surface area (Å²) in [5.41, 5.74) is 7.32. The average Bonchev–Trinajstić information content (AvgIpc) is 3.50. The van der Waals surface area contributed by atoms with Gasteiger partial charge >= 0.3 is 0 Å². The Morgan fingerprint density at radius 1 is 1.18 bits per heavy atom. The molecule has 12 heteroatoms. The van der Waals surface area contributed by atoms with Gasteiger partial charge in [0.25, 0.3) is 11.8 Å². The van der Waals surface area contributed by atoms with E-state index in [2.05, 4.69) is 15.0 Å². The van der Waals surface area contributed by atoms with Gasteiger partial charge in [0.15, 0.2) is 0 Å². The van der Waals surface area contributed by atoms with Crippen LogP contribution >= 0.6 is 11.3 Å². The van der Waals surface area contributed by atoms with Gasteiger partial charge in [0.1, 0.15) is 10.7 Å². The SMILES string of the molecule is CS(=O)c1cn(-c2ncc(-c3nc(C(N)=O)cs3)cn2)c2cc(C(=O)N3CCOCC3)ccc12. The van der Waals surface area contributed by atoms with Gasteiger partial charge in [-0.05, 0) is 12.1 Å². The van der Waals surface area contributed by atoms with Crippen molar-refractivity contribution >= 4 is 44.9 Å². The Morgan fingerprint density at radius 2 is 1.91 bits per heavy atom. The van der Waals surface area contributed by atoms with E-state index in [0.29, 0.717) is 58.8 Å². The third kappa shape index (κ3) is 4.11. The minimum atomic E-state index is -1.25. The van der Waals surface area contributed by atoms with E-state index < -0.39 is 16.7 Å². The summed E-state index contributed by atoms with van der Waals surface area (Å²) >= 11 is 1.27. The highest BCUT2D eigenvalue weighted by Gasteiger charge is 2.21. The Balaban J connectivity index is 1.54. The fraction of sp³-hybridized carbons (Fsp3) is 0.227. The van der Waals surface area contributed by atoms with Crippen LogP contribution in [0.5, 0.6) is 0 Å². The lowest BCUT2D eigenvalue weighted by molar-refractivity contribution is 0.0303. The molecule has 4 aromatic rings. The van der Waals surface area contributed by atoms with Gasteiger partial charge in [-0.25, -0.2) is 15.0 Å². The number of primary amides is 1. The molecule has 1 aliphatic rings. The Kier molecular flexibility index (Phi) is 5.94. The average molecular weight is 497 g/mol. The highest BCUT2D eigenvalue weighted by Crippen LogP contribution is 2.28. The van der Waals surface area contributed by atoms with Crippen molar-refractivity contribution in [2.45, 2.75) is 4.90 Å². The summed E-state index contributed by atoms with van der Waals surface area (Å²) in [5, 5.41) is 2.92. The fourth-order valence-electron chi connectivity index (χ4n) is 3.75. The van der Waals surface area contributed by atoms with Gasteiger partial charge in [-0.1, -0.05) is 6.07 Å². The number of carbonyl (C=O) groups excluding carboxylic acids is 2. The van der Waals surface area contributed by atoms with Crippen LogP contribution in [0.4, 0.5) is 0 Å². The Hall–Kier alpha value is -3.48. The number of ether oxygens (including phenoxy) is 1. The minimum Gasteiger partial charge on any atom is -0.378 e. The number of nitrogens with zero attached hydrogens (tertiary/aromatic N) is 5. The second-order valence-electron chi connectivity index (χ2n) is 7.63. The number of rotatable bonds is 5. The molecule has 0 aliphatic carbocycles. The number of morpholine rings is 1. The fourth-order valence-corrected chi connectivity index (χ4v) is 5.27. The molecule has 1 aliphatic heterocycles. The predicted molar refractivity (Wildman–Crippen MR) is 128 cm³/mol. The maximum absolute atomic E-state index is 13.0. The first-order valence-electron chi connectivity index (χ1n) is 10.4. The highest BCUT2D eigenvalue weighted by atomic mass is 32.2. The third-order valence-electron chi connectivity index (χ3n) is 5.48. The molecule has 34 heavy (non-hydrogen) atoms. The van der Waals surface area contributed by atoms with Crippen molar-refractivity contribution in [3.05, 3.63) is 53.4 Å². The molecule has 10 nitrogen and oxygen atoms in total. The van der Waals surface area contributed by atoms with Crippen molar-refractivity contribution in [2.75, 3.05) is 32.6 Å². The number of thiazole rings is 1. The lowest BCUT2D eigenvalue weighted by atomic mass is 10.1. The first-order valence-corrected chi connectivity index (χ1v) is 12.8. The van der Waals surface area contributed by atoms with Crippen molar-refractivity contribution in [3.8, 4) is 16.5 Å². The summed E-state index contributed by atoms with van der Waals surface area (Å²) in [6.45, 7) is 2.12. The van der Waals surface area contributed by atoms with Crippen molar-refractivity contribution in [3.63, 3.8) is 0 Å². The number of hydrogen-bond acceptors (Lipinski definition) is 8. The molecular formula is C22H20N6O4S2. The van der Waals surface area contributed by atoms with Crippen LogP contribution in [0.3, 0.4) is 0 Å². The largest absolute Gasteiger partial charge is 0.378 e. The van der Waals surface area contributed by atoms with Gasteiger partial charge in [-0.3, -0.25) is 18.4 Å². The van der Waals surface area contributed by atoms with E-state index in [1.165, 1.54) is 11.3 Å². The lowest BCUT2D eigenvalue weighted by Crippen LogP contribution is -2.40. The zero-order valence-corrected chi connectivity index (χ0v) is 19.8. The maximum atomic E-state index is 13.0. The van der Waals surface area contributed by atoms with Gasteiger partial charge < -0.3 is 15.4 Å². The summed E-state index contributed by atoms with van der Waals surface area (Å²) in [6.07, 6.45) is 6.54. The van der Waals surface area contributed by atoms with E-state index >= 15 is 0 Å². The summed E-state index contributed by atoms with van der Waals surface area (Å²) in [5.74, 6) is -0.322. The van der Waals surface area contributed by atoms with Crippen LogP contribution in [0.2, 0.25) is 0 Å². The molecular weight excluding hydrogens is 476 g/mol. The van der Waals surface area contributed by atoms with Gasteiger partial charge in [0.05, 0.1) is 34.4 Å². The van der Waals surface area contributed by atoms with Crippen LogP contribution < -0.4 is 5.73 Å². The monoisotopic (exact) mass is 496 g/mol. The van der Waals surface area contributed by atoms with E-state index in [4.69, 9.17) is 10.5 Å². The Labute approximate surface area is 200 Å². The van der Waals surface area contributed by atoms with Gasteiger partial charge in [0, 0.05) is 59.8 Å². The van der Waals surface area contributed by atoms with E-state index in [9.17, 15) is 13.8 Å².